The van der Waals surface area contributed by atoms with Crippen molar-refractivity contribution < 1.29 is 31.0 Å². The predicted octanol–water partition coefficient (Wildman–Crippen LogP) is 0.869. The Bertz CT molecular complexity index is 88.4. The van der Waals surface area contributed by atoms with E-state index < -0.39 is 5.97 Å². The summed E-state index contributed by atoms with van der Waals surface area (Å²) < 4.78 is 0. The molecule has 3 heteroatoms. The monoisotopic (exact) mass is 295 g/mol. The molecular weight excluding hydrogens is 287 g/mol. The van der Waals surface area contributed by atoms with Crippen molar-refractivity contribution in [2.45, 2.75) is 19.3 Å². The van der Waals surface area contributed by atoms with Crippen LogP contribution in [0.2, 0.25) is 0 Å². The molecule has 0 unspecified atom stereocenters. The molecule has 1 saturated carbocycles. The molecule has 0 heterocycles. The van der Waals surface area contributed by atoms with Crippen LogP contribution in [0.1, 0.15) is 19.3 Å². The molecule has 0 saturated heterocycles. The van der Waals surface area contributed by atoms with Crippen molar-refractivity contribution in [3.05, 3.63) is 0 Å². The van der Waals surface area contributed by atoms with E-state index in [1.807, 2.05) is 0 Å². The van der Waals surface area contributed by atoms with E-state index in [1.165, 1.54) is 0 Å². The Kier molecular flexibility index (Phi) is 3.30. The van der Waals surface area contributed by atoms with Crippen LogP contribution in [0.5, 0.6) is 0 Å². The van der Waals surface area contributed by atoms with E-state index >= 15 is 0 Å². The minimum absolute atomic E-state index is 0. The van der Waals surface area contributed by atoms with Gasteiger partial charge in [-0.3, -0.25) is 4.79 Å². The van der Waals surface area contributed by atoms with Gasteiger partial charge in [-0.05, 0) is 12.8 Å². The third-order valence-electron chi connectivity index (χ3n) is 1.45. The second kappa shape index (κ2) is 3.24. The molecule has 8 heavy (non-hydrogen) atoms. The zero-order valence-electron chi connectivity index (χ0n) is 4.37. The second-order valence-electron chi connectivity index (χ2n) is 1.97. The molecule has 1 aliphatic carbocycles. The maximum Gasteiger partial charge on any atom is 0.306 e. The van der Waals surface area contributed by atoms with E-state index in [-0.39, 0.29) is 27.0 Å². The largest absolute Gasteiger partial charge is 0.481 e. The van der Waals surface area contributed by atoms with Gasteiger partial charge in [-0.1, -0.05) is 6.42 Å². The third kappa shape index (κ3) is 1.59. The van der Waals surface area contributed by atoms with Gasteiger partial charge in [0.15, 0.2) is 0 Å². The summed E-state index contributed by atoms with van der Waals surface area (Å²) in [5.74, 6) is -0.619. The Balaban J connectivity index is 0.000000490. The number of aliphatic carboxylic acids is 1. The molecule has 1 fully saturated rings. The summed E-state index contributed by atoms with van der Waals surface area (Å²) >= 11 is 0. The zero-order chi connectivity index (χ0) is 5.28. The molecule has 0 aliphatic heterocycles. The summed E-state index contributed by atoms with van der Waals surface area (Å²) in [6.07, 6.45) is 2.90. The Morgan fingerprint density at radius 3 is 2.00 bits per heavy atom. The summed E-state index contributed by atoms with van der Waals surface area (Å²) in [6, 6.07) is 0. The molecule has 0 atom stereocenters. The van der Waals surface area contributed by atoms with Crippen molar-refractivity contribution in [2.24, 2.45) is 5.92 Å². The average Bonchev–Trinajstić information content (AvgIpc) is 1.23. The quantitative estimate of drug-likeness (QED) is 0.779. The molecule has 0 aromatic carbocycles. The standard InChI is InChI=1S/C5H8O2.Pt/c6-5(7)4-2-1-3-4;/h4H,1-3H2,(H,6,7);. The predicted molar refractivity (Wildman–Crippen MR) is 25.0 cm³/mol. The van der Waals surface area contributed by atoms with Gasteiger partial charge in [0.05, 0.1) is 5.92 Å². The molecule has 2 nitrogen and oxygen atoms in total. The third-order valence-corrected chi connectivity index (χ3v) is 1.45. The summed E-state index contributed by atoms with van der Waals surface area (Å²) in [6.45, 7) is 0. The zero-order valence-corrected chi connectivity index (χ0v) is 6.64. The second-order valence-corrected chi connectivity index (χ2v) is 1.97. The van der Waals surface area contributed by atoms with Crippen molar-refractivity contribution in [1.29, 1.82) is 0 Å². The van der Waals surface area contributed by atoms with Crippen LogP contribution in [-0.2, 0) is 25.9 Å². The van der Waals surface area contributed by atoms with Crippen LogP contribution in [-0.4, -0.2) is 11.1 Å². The first-order valence-electron chi connectivity index (χ1n) is 2.53. The molecule has 0 spiro atoms. The first-order valence-corrected chi connectivity index (χ1v) is 2.53. The maximum absolute atomic E-state index is 9.98. The van der Waals surface area contributed by atoms with E-state index in [2.05, 4.69) is 0 Å². The van der Waals surface area contributed by atoms with Crippen molar-refractivity contribution in [3.8, 4) is 0 Å². The number of carboxylic acid groups (broad SMARTS) is 1. The minimum Gasteiger partial charge on any atom is -0.481 e. The fourth-order valence-electron chi connectivity index (χ4n) is 0.655. The van der Waals surface area contributed by atoms with Gasteiger partial charge in [0.2, 0.25) is 0 Å². The number of carboxylic acids is 1. The number of hydrogen-bond donors (Lipinski definition) is 1. The van der Waals surface area contributed by atoms with Crippen molar-refractivity contribution in [1.82, 2.24) is 0 Å². The molecule has 0 bridgehead atoms. The SMILES string of the molecule is O=C(O)C1CCC1.[Pt]. The van der Waals surface area contributed by atoms with Gasteiger partial charge < -0.3 is 5.11 Å². The normalized spacial score (nSPS) is 18.5. The first-order chi connectivity index (χ1) is 3.30. The Labute approximate surface area is 62.5 Å². The van der Waals surface area contributed by atoms with Crippen molar-refractivity contribution in [2.75, 3.05) is 0 Å². The Hall–Kier alpha value is 0.158. The molecule has 1 N–H and O–H groups in total. The van der Waals surface area contributed by atoms with E-state index in [0.29, 0.717) is 0 Å². The summed E-state index contributed by atoms with van der Waals surface area (Å²) in [7, 11) is 0. The molecule has 0 aromatic rings. The topological polar surface area (TPSA) is 37.3 Å². The number of hydrogen-bond acceptors (Lipinski definition) is 1. The van der Waals surface area contributed by atoms with E-state index in [4.69, 9.17) is 5.11 Å². The van der Waals surface area contributed by atoms with Crippen LogP contribution >= 0.6 is 0 Å². The Morgan fingerprint density at radius 1 is 1.50 bits per heavy atom. The van der Waals surface area contributed by atoms with Gasteiger partial charge in [-0.25, -0.2) is 0 Å². The molecule has 1 aliphatic rings. The molecule has 0 radical (unpaired) electrons. The van der Waals surface area contributed by atoms with E-state index in [0.717, 1.165) is 19.3 Å². The van der Waals surface area contributed by atoms with Gasteiger partial charge in [0.25, 0.3) is 0 Å². The maximum atomic E-state index is 9.98. The number of rotatable bonds is 1. The summed E-state index contributed by atoms with van der Waals surface area (Å²) in [5, 5.41) is 8.23. The van der Waals surface area contributed by atoms with Crippen LogP contribution < -0.4 is 0 Å². The van der Waals surface area contributed by atoms with Crippen LogP contribution in [0.3, 0.4) is 0 Å². The van der Waals surface area contributed by atoms with Gasteiger partial charge in [0.1, 0.15) is 0 Å². The number of carbonyl (C=O) groups is 1. The summed E-state index contributed by atoms with van der Waals surface area (Å²) in [5.41, 5.74) is 0. The van der Waals surface area contributed by atoms with Gasteiger partial charge >= 0.3 is 5.97 Å². The van der Waals surface area contributed by atoms with Crippen LogP contribution in [0.15, 0.2) is 0 Å². The van der Waals surface area contributed by atoms with Crippen molar-refractivity contribution >= 4 is 5.97 Å². The van der Waals surface area contributed by atoms with Crippen LogP contribution in [0.4, 0.5) is 0 Å². The summed E-state index contributed by atoms with van der Waals surface area (Å²) in [4.78, 5) is 9.98. The van der Waals surface area contributed by atoms with E-state index in [9.17, 15) is 4.79 Å². The van der Waals surface area contributed by atoms with Crippen molar-refractivity contribution in [3.63, 3.8) is 0 Å². The molecule has 0 aromatic heterocycles. The Morgan fingerprint density at radius 2 is 2.00 bits per heavy atom. The molecule has 50 valence electrons. The van der Waals surface area contributed by atoms with Gasteiger partial charge in [0, 0.05) is 21.1 Å². The van der Waals surface area contributed by atoms with E-state index in [1.54, 1.807) is 0 Å². The van der Waals surface area contributed by atoms with Crippen LogP contribution in [0, 0.1) is 5.92 Å². The van der Waals surface area contributed by atoms with Gasteiger partial charge in [-0.2, -0.15) is 0 Å². The minimum atomic E-state index is -0.619. The van der Waals surface area contributed by atoms with Crippen LogP contribution in [0.25, 0.3) is 0 Å². The smallest absolute Gasteiger partial charge is 0.306 e. The first kappa shape index (κ1) is 8.16. The molecule has 1 rings (SSSR count). The molecule has 0 amide bonds. The average molecular weight is 295 g/mol. The fraction of sp³-hybridized carbons (Fsp3) is 0.800. The fourth-order valence-corrected chi connectivity index (χ4v) is 0.655. The van der Waals surface area contributed by atoms with Gasteiger partial charge in [-0.15, -0.1) is 0 Å². The molecular formula is C5H8O2Pt.